The number of carbonyl (C=O) groups excluding carboxylic acids is 2. The fourth-order valence-corrected chi connectivity index (χ4v) is 1.93. The van der Waals surface area contributed by atoms with Gasteiger partial charge < -0.3 is 15.4 Å². The molecule has 0 saturated carbocycles. The Bertz CT molecular complexity index is 791. The molecule has 1 aromatic carbocycles. The van der Waals surface area contributed by atoms with Crippen molar-refractivity contribution in [3.8, 4) is 5.88 Å². The van der Waals surface area contributed by atoms with Gasteiger partial charge in [-0.15, -0.1) is 0 Å². The van der Waals surface area contributed by atoms with Crippen molar-refractivity contribution in [1.82, 2.24) is 10.3 Å². The third-order valence-electron chi connectivity index (χ3n) is 3.27. The Labute approximate surface area is 143 Å². The minimum Gasteiger partial charge on any atom is -0.481 e. The summed E-state index contributed by atoms with van der Waals surface area (Å²) in [5.74, 6) is -0.630. The zero-order valence-corrected chi connectivity index (χ0v) is 13.6. The molecule has 0 fully saturated rings. The second-order valence-corrected chi connectivity index (χ2v) is 5.08. The summed E-state index contributed by atoms with van der Waals surface area (Å²) in [6, 6.07) is 7.60. The van der Waals surface area contributed by atoms with E-state index in [1.54, 1.807) is 12.1 Å². The lowest BCUT2D eigenvalue weighted by Crippen LogP contribution is -2.41. The smallest absolute Gasteiger partial charge is 0.270 e. The molecule has 0 unspecified atom stereocenters. The van der Waals surface area contributed by atoms with Crippen LogP contribution < -0.4 is 15.4 Å². The molecule has 0 radical (unpaired) electrons. The molecule has 1 aromatic heterocycles. The Morgan fingerprint density at radius 2 is 2.04 bits per heavy atom. The van der Waals surface area contributed by atoms with Gasteiger partial charge in [-0.3, -0.25) is 19.7 Å². The summed E-state index contributed by atoms with van der Waals surface area (Å²) in [6.45, 7) is 1.50. The second-order valence-electron chi connectivity index (χ2n) is 5.08. The van der Waals surface area contributed by atoms with E-state index in [0.29, 0.717) is 11.6 Å². The number of nitrogens with zero attached hydrogens (tertiary/aromatic N) is 2. The third-order valence-corrected chi connectivity index (χ3v) is 3.27. The average Bonchev–Trinajstić information content (AvgIpc) is 2.62. The number of pyridine rings is 1. The first-order valence-corrected chi connectivity index (χ1v) is 7.27. The Kier molecular flexibility index (Phi) is 5.62. The highest BCUT2D eigenvalue weighted by molar-refractivity contribution is 6.01. The molecule has 0 aliphatic carbocycles. The van der Waals surface area contributed by atoms with E-state index >= 15 is 0 Å². The number of hydrogen-bond donors (Lipinski definition) is 2. The fraction of sp³-hybridized carbons (Fsp3) is 0.188. The van der Waals surface area contributed by atoms with Crippen molar-refractivity contribution in [1.29, 1.82) is 0 Å². The van der Waals surface area contributed by atoms with Gasteiger partial charge in [-0.05, 0) is 19.1 Å². The Morgan fingerprint density at radius 3 is 2.64 bits per heavy atom. The van der Waals surface area contributed by atoms with Crippen LogP contribution in [0.2, 0.25) is 0 Å². The molecule has 0 bridgehead atoms. The normalized spacial score (nSPS) is 11.3. The number of hydrogen-bond acceptors (Lipinski definition) is 6. The molecule has 0 spiro atoms. The van der Waals surface area contributed by atoms with Crippen molar-refractivity contribution in [2.45, 2.75) is 13.0 Å². The van der Waals surface area contributed by atoms with E-state index in [1.165, 1.54) is 38.4 Å². The Morgan fingerprint density at radius 1 is 1.28 bits per heavy atom. The van der Waals surface area contributed by atoms with Crippen molar-refractivity contribution in [3.63, 3.8) is 0 Å². The Balaban J connectivity index is 1.98. The molecular formula is C16H16N4O5. The standard InChI is InChI=1S/C16H16N4O5/c1-10(15(21)19-12-6-7-14(25-2)17-9-12)18-16(22)11-4-3-5-13(8-11)20(23)24/h3-10H,1-2H3,(H,18,22)(H,19,21)/t10-/m0/s1. The summed E-state index contributed by atoms with van der Waals surface area (Å²) in [5, 5.41) is 15.8. The molecule has 2 rings (SSSR count). The van der Waals surface area contributed by atoms with Crippen molar-refractivity contribution in [2.75, 3.05) is 12.4 Å². The molecule has 9 nitrogen and oxygen atoms in total. The van der Waals surface area contributed by atoms with Crippen molar-refractivity contribution < 1.29 is 19.2 Å². The highest BCUT2D eigenvalue weighted by Crippen LogP contribution is 2.14. The predicted octanol–water partition coefficient (Wildman–Crippen LogP) is 1.76. The zero-order valence-electron chi connectivity index (χ0n) is 13.6. The monoisotopic (exact) mass is 344 g/mol. The summed E-state index contributed by atoms with van der Waals surface area (Å²) in [4.78, 5) is 38.4. The van der Waals surface area contributed by atoms with Gasteiger partial charge in [0.05, 0.1) is 23.9 Å². The number of amides is 2. The van der Waals surface area contributed by atoms with Crippen LogP contribution in [0.4, 0.5) is 11.4 Å². The minimum atomic E-state index is -0.853. The lowest BCUT2D eigenvalue weighted by Gasteiger charge is -2.14. The minimum absolute atomic E-state index is 0.0972. The van der Waals surface area contributed by atoms with Crippen LogP contribution in [0.15, 0.2) is 42.6 Å². The first-order chi connectivity index (χ1) is 11.9. The van der Waals surface area contributed by atoms with E-state index in [1.807, 2.05) is 0 Å². The molecule has 9 heteroatoms. The number of methoxy groups -OCH3 is 1. The molecule has 2 amide bonds. The number of non-ortho nitro benzene ring substituents is 1. The molecule has 1 atom stereocenters. The SMILES string of the molecule is COc1ccc(NC(=O)[C@H](C)NC(=O)c2cccc([N+](=O)[O-])c2)cn1. The van der Waals surface area contributed by atoms with Crippen LogP contribution in [-0.2, 0) is 4.79 Å². The largest absolute Gasteiger partial charge is 0.481 e. The molecule has 2 aromatic rings. The predicted molar refractivity (Wildman–Crippen MR) is 89.4 cm³/mol. The van der Waals surface area contributed by atoms with Gasteiger partial charge in [-0.25, -0.2) is 4.98 Å². The molecule has 25 heavy (non-hydrogen) atoms. The van der Waals surface area contributed by atoms with E-state index in [9.17, 15) is 19.7 Å². The second kappa shape index (κ2) is 7.86. The fourth-order valence-electron chi connectivity index (χ4n) is 1.93. The van der Waals surface area contributed by atoms with Crippen LogP contribution in [-0.4, -0.2) is 34.9 Å². The van der Waals surface area contributed by atoms with E-state index in [-0.39, 0.29) is 11.3 Å². The number of anilines is 1. The molecule has 0 saturated heterocycles. The summed E-state index contributed by atoms with van der Waals surface area (Å²) >= 11 is 0. The van der Waals surface area contributed by atoms with E-state index in [4.69, 9.17) is 4.74 Å². The van der Waals surface area contributed by atoms with Gasteiger partial charge in [0.25, 0.3) is 11.6 Å². The maximum Gasteiger partial charge on any atom is 0.270 e. The van der Waals surface area contributed by atoms with Crippen molar-refractivity contribution >= 4 is 23.2 Å². The number of nitrogens with one attached hydrogen (secondary N) is 2. The molecule has 130 valence electrons. The first kappa shape index (κ1) is 17.9. The summed E-state index contributed by atoms with van der Waals surface area (Å²) in [6.07, 6.45) is 1.42. The van der Waals surface area contributed by atoms with Crippen LogP contribution in [0.3, 0.4) is 0 Å². The van der Waals surface area contributed by atoms with Gasteiger partial charge in [-0.1, -0.05) is 6.07 Å². The van der Waals surface area contributed by atoms with Crippen LogP contribution in [0.5, 0.6) is 5.88 Å². The van der Waals surface area contributed by atoms with Gasteiger partial charge in [0.2, 0.25) is 11.8 Å². The Hall–Kier alpha value is -3.49. The number of nitro benzene ring substituents is 1. The summed E-state index contributed by atoms with van der Waals surface area (Å²) < 4.78 is 4.92. The van der Waals surface area contributed by atoms with Crippen LogP contribution in [0, 0.1) is 10.1 Å². The third kappa shape index (κ3) is 4.74. The number of carbonyl (C=O) groups is 2. The van der Waals surface area contributed by atoms with Crippen molar-refractivity contribution in [3.05, 3.63) is 58.3 Å². The van der Waals surface area contributed by atoms with Crippen LogP contribution in [0.25, 0.3) is 0 Å². The lowest BCUT2D eigenvalue weighted by atomic mass is 10.1. The van der Waals surface area contributed by atoms with Crippen LogP contribution in [0.1, 0.15) is 17.3 Å². The maximum absolute atomic E-state index is 12.1. The van der Waals surface area contributed by atoms with Gasteiger partial charge in [-0.2, -0.15) is 0 Å². The summed E-state index contributed by atoms with van der Waals surface area (Å²) in [7, 11) is 1.48. The molecule has 0 aliphatic heterocycles. The number of rotatable bonds is 6. The molecule has 0 aliphatic rings. The zero-order chi connectivity index (χ0) is 18.4. The van der Waals surface area contributed by atoms with Gasteiger partial charge in [0, 0.05) is 23.8 Å². The van der Waals surface area contributed by atoms with E-state index in [0.717, 1.165) is 6.07 Å². The molecular weight excluding hydrogens is 328 g/mol. The quantitative estimate of drug-likeness (QED) is 0.608. The van der Waals surface area contributed by atoms with Gasteiger partial charge in [0.15, 0.2) is 0 Å². The number of benzene rings is 1. The van der Waals surface area contributed by atoms with Crippen LogP contribution >= 0.6 is 0 Å². The van der Waals surface area contributed by atoms with Gasteiger partial charge in [0.1, 0.15) is 6.04 Å². The molecule has 2 N–H and O–H groups in total. The van der Waals surface area contributed by atoms with E-state index in [2.05, 4.69) is 15.6 Å². The van der Waals surface area contributed by atoms with Gasteiger partial charge >= 0.3 is 0 Å². The number of nitro groups is 1. The topological polar surface area (TPSA) is 123 Å². The highest BCUT2D eigenvalue weighted by atomic mass is 16.6. The summed E-state index contributed by atoms with van der Waals surface area (Å²) in [5.41, 5.74) is 0.344. The average molecular weight is 344 g/mol. The molecule has 1 heterocycles. The maximum atomic E-state index is 12.1. The number of aromatic nitrogens is 1. The van der Waals surface area contributed by atoms with E-state index < -0.39 is 22.8 Å². The highest BCUT2D eigenvalue weighted by Gasteiger charge is 2.18. The first-order valence-electron chi connectivity index (χ1n) is 7.27. The number of ether oxygens (including phenoxy) is 1. The lowest BCUT2D eigenvalue weighted by molar-refractivity contribution is -0.384. The van der Waals surface area contributed by atoms with Crippen molar-refractivity contribution in [2.24, 2.45) is 0 Å².